The second kappa shape index (κ2) is 13.2. The van der Waals surface area contributed by atoms with Crippen LogP contribution in [-0.4, -0.2) is 44.7 Å². The second-order valence-electron chi connectivity index (χ2n) is 11.2. The number of esters is 1. The van der Waals surface area contributed by atoms with Gasteiger partial charge in [0, 0.05) is 0 Å². The number of carbonyl (C=O) groups is 2. The van der Waals surface area contributed by atoms with E-state index in [2.05, 4.69) is 0 Å². The van der Waals surface area contributed by atoms with E-state index in [9.17, 15) is 19.3 Å². The highest BCUT2D eigenvalue weighted by molar-refractivity contribution is 7.53. The minimum Gasteiger partial charge on any atom is -0.479 e. The molecule has 210 valence electrons. The molecular weight excluding hydrogens is 523 g/mol. The molecule has 0 aliphatic carbocycles. The van der Waals surface area contributed by atoms with E-state index in [0.717, 1.165) is 11.1 Å². The van der Waals surface area contributed by atoms with Crippen LogP contribution in [0.25, 0.3) is 0 Å². The van der Waals surface area contributed by atoms with Gasteiger partial charge in [0.05, 0.1) is 31.9 Å². The summed E-state index contributed by atoms with van der Waals surface area (Å²) < 4.78 is 37.1. The molecule has 2 aromatic rings. The molecule has 2 rings (SSSR count). The second-order valence-corrected chi connectivity index (χ2v) is 18.1. The molecule has 0 amide bonds. The van der Waals surface area contributed by atoms with Gasteiger partial charge in [-0.2, -0.15) is 0 Å². The van der Waals surface area contributed by atoms with Crippen LogP contribution in [0.4, 0.5) is 0 Å². The summed E-state index contributed by atoms with van der Waals surface area (Å²) in [4.78, 5) is 25.4. The Hall–Kier alpha value is -2.29. The topological polar surface area (TPSA) is 108 Å². The van der Waals surface area contributed by atoms with Gasteiger partial charge in [-0.3, -0.25) is 9.36 Å². The normalized spacial score (nSPS) is 14.9. The zero-order chi connectivity index (χ0) is 28.6. The Morgan fingerprint density at radius 3 is 1.71 bits per heavy atom. The van der Waals surface area contributed by atoms with Crippen LogP contribution in [0.15, 0.2) is 60.7 Å². The van der Waals surface area contributed by atoms with E-state index in [1.807, 2.05) is 94.5 Å². The van der Waals surface area contributed by atoms with Gasteiger partial charge in [0.15, 0.2) is 8.32 Å². The molecule has 0 fully saturated rings. The van der Waals surface area contributed by atoms with Gasteiger partial charge in [-0.15, -0.1) is 0 Å². The minimum absolute atomic E-state index is 0.00696. The number of hydrogen-bond donors (Lipinski definition) is 1. The van der Waals surface area contributed by atoms with Gasteiger partial charge in [0.25, 0.3) is 0 Å². The third-order valence-electron chi connectivity index (χ3n) is 6.92. The molecular formula is C28H41O8PSi. The van der Waals surface area contributed by atoms with Crippen LogP contribution in [0.3, 0.4) is 0 Å². The number of carboxylic acids is 1. The molecule has 0 spiro atoms. The lowest BCUT2D eigenvalue weighted by atomic mass is 9.86. The standard InChI is InChI=1S/C28H41O8PSi/c1-27(2,3)38(6,7)36-24(25(29)30)18-28(4,26(31)33-5)21-37(32,34-19-22-14-10-8-11-15-22)35-20-23-16-12-9-13-17-23/h8-17,24H,18-21H2,1-7H3,(H,29,30)/t24-,28+/m1/s1. The fourth-order valence-electron chi connectivity index (χ4n) is 3.63. The van der Waals surface area contributed by atoms with Crippen molar-refractivity contribution in [3.63, 3.8) is 0 Å². The average Bonchev–Trinajstić information content (AvgIpc) is 2.86. The van der Waals surface area contributed by atoms with Crippen LogP contribution in [0.2, 0.25) is 18.1 Å². The van der Waals surface area contributed by atoms with Crippen molar-refractivity contribution >= 4 is 27.9 Å². The maximum atomic E-state index is 14.2. The Morgan fingerprint density at radius 2 is 1.34 bits per heavy atom. The predicted octanol–water partition coefficient (Wildman–Crippen LogP) is 6.66. The average molecular weight is 565 g/mol. The van der Waals surface area contributed by atoms with Crippen LogP contribution in [0, 0.1) is 5.41 Å². The molecule has 0 aliphatic heterocycles. The zero-order valence-corrected chi connectivity index (χ0v) is 25.3. The monoisotopic (exact) mass is 564 g/mol. The first-order valence-electron chi connectivity index (χ1n) is 12.6. The van der Waals surface area contributed by atoms with Crippen molar-refractivity contribution in [1.82, 2.24) is 0 Å². The van der Waals surface area contributed by atoms with Gasteiger partial charge in [0.1, 0.15) is 6.10 Å². The van der Waals surface area contributed by atoms with Gasteiger partial charge < -0.3 is 23.3 Å². The molecule has 0 saturated heterocycles. The highest BCUT2D eigenvalue weighted by atomic mass is 31.2. The molecule has 2 atom stereocenters. The molecule has 0 heterocycles. The van der Waals surface area contributed by atoms with E-state index in [1.165, 1.54) is 14.0 Å². The number of carboxylic acid groups (broad SMARTS) is 1. The first-order chi connectivity index (χ1) is 17.6. The summed E-state index contributed by atoms with van der Waals surface area (Å²) in [6.07, 6.45) is -1.94. The number of carbonyl (C=O) groups excluding carboxylic acids is 1. The number of methoxy groups -OCH3 is 1. The van der Waals surface area contributed by atoms with Gasteiger partial charge in [-0.05, 0) is 42.6 Å². The lowest BCUT2D eigenvalue weighted by molar-refractivity contribution is -0.156. The first-order valence-corrected chi connectivity index (χ1v) is 17.2. The molecule has 0 radical (unpaired) electrons. The van der Waals surface area contributed by atoms with E-state index < -0.39 is 39.4 Å². The fourth-order valence-corrected chi connectivity index (χ4v) is 6.94. The van der Waals surface area contributed by atoms with Crippen LogP contribution < -0.4 is 0 Å². The molecule has 8 nitrogen and oxygen atoms in total. The molecule has 10 heteroatoms. The SMILES string of the molecule is COC(=O)[C@@](C)(C[C@@H](O[Si](C)(C)C(C)(C)C)C(=O)O)CP(=O)(OCc1ccccc1)OCc1ccccc1. The van der Waals surface area contributed by atoms with Crippen molar-refractivity contribution in [3.05, 3.63) is 71.8 Å². The molecule has 0 aromatic heterocycles. The number of ether oxygens (including phenoxy) is 1. The van der Waals surface area contributed by atoms with Crippen molar-refractivity contribution in [2.75, 3.05) is 13.3 Å². The summed E-state index contributed by atoms with van der Waals surface area (Å²) in [6, 6.07) is 18.4. The highest BCUT2D eigenvalue weighted by Gasteiger charge is 2.49. The number of benzene rings is 2. The van der Waals surface area contributed by atoms with Crippen molar-refractivity contribution in [2.24, 2.45) is 5.41 Å². The van der Waals surface area contributed by atoms with E-state index >= 15 is 0 Å². The Bertz CT molecular complexity index is 1050. The van der Waals surface area contributed by atoms with E-state index in [0.29, 0.717) is 0 Å². The number of hydrogen-bond acceptors (Lipinski definition) is 7. The van der Waals surface area contributed by atoms with E-state index in [-0.39, 0.29) is 30.8 Å². The van der Waals surface area contributed by atoms with Crippen LogP contribution in [-0.2, 0) is 45.6 Å². The van der Waals surface area contributed by atoms with Gasteiger partial charge in [-0.1, -0.05) is 81.4 Å². The van der Waals surface area contributed by atoms with E-state index in [1.54, 1.807) is 0 Å². The maximum Gasteiger partial charge on any atom is 0.332 e. The van der Waals surface area contributed by atoms with Crippen LogP contribution in [0.5, 0.6) is 0 Å². The smallest absolute Gasteiger partial charge is 0.332 e. The Kier molecular flexibility index (Phi) is 11.1. The number of rotatable bonds is 14. The summed E-state index contributed by atoms with van der Waals surface area (Å²) >= 11 is 0. The van der Waals surface area contributed by atoms with Crippen molar-refractivity contribution in [1.29, 1.82) is 0 Å². The third kappa shape index (κ3) is 9.17. The lowest BCUT2D eigenvalue weighted by Gasteiger charge is -2.40. The minimum atomic E-state index is -3.95. The summed E-state index contributed by atoms with van der Waals surface area (Å²) in [5.41, 5.74) is 0.0317. The summed E-state index contributed by atoms with van der Waals surface area (Å²) in [7, 11) is -5.25. The molecule has 38 heavy (non-hydrogen) atoms. The van der Waals surface area contributed by atoms with Gasteiger partial charge >= 0.3 is 19.5 Å². The molecule has 0 aliphatic rings. The number of aliphatic carboxylic acids is 1. The molecule has 0 bridgehead atoms. The molecule has 1 N–H and O–H groups in total. The van der Waals surface area contributed by atoms with Gasteiger partial charge in [-0.25, -0.2) is 4.79 Å². The van der Waals surface area contributed by atoms with Crippen LogP contribution in [0.1, 0.15) is 45.2 Å². The summed E-state index contributed by atoms with van der Waals surface area (Å²) in [6.45, 7) is 11.4. The van der Waals surface area contributed by atoms with Crippen LogP contribution >= 0.6 is 7.60 Å². The lowest BCUT2D eigenvalue weighted by Crippen LogP contribution is -2.49. The zero-order valence-electron chi connectivity index (χ0n) is 23.4. The third-order valence-corrected chi connectivity index (χ3v) is 13.5. The van der Waals surface area contributed by atoms with Gasteiger partial charge in [0.2, 0.25) is 0 Å². The highest BCUT2D eigenvalue weighted by Crippen LogP contribution is 2.55. The Labute approximate surface area is 227 Å². The molecule has 2 aromatic carbocycles. The largest absolute Gasteiger partial charge is 0.479 e. The summed E-state index contributed by atoms with van der Waals surface area (Å²) in [5, 5.41) is 9.78. The quantitative estimate of drug-likeness (QED) is 0.154. The van der Waals surface area contributed by atoms with Crippen molar-refractivity contribution in [2.45, 2.75) is 71.6 Å². The van der Waals surface area contributed by atoms with Crippen molar-refractivity contribution < 1.29 is 37.5 Å². The molecule has 0 unspecified atom stereocenters. The maximum absolute atomic E-state index is 14.2. The predicted molar refractivity (Wildman–Crippen MR) is 149 cm³/mol. The Balaban J connectivity index is 2.38. The summed E-state index contributed by atoms with van der Waals surface area (Å²) in [5.74, 6) is -1.91. The first kappa shape index (κ1) is 31.9. The fraction of sp³-hybridized carbons (Fsp3) is 0.500. The van der Waals surface area contributed by atoms with Crippen molar-refractivity contribution in [3.8, 4) is 0 Å². The Morgan fingerprint density at radius 1 is 0.895 bits per heavy atom. The molecule has 0 saturated carbocycles. The van der Waals surface area contributed by atoms with E-state index in [4.69, 9.17) is 18.2 Å².